The minimum atomic E-state index is -0.0209. The molecule has 2 amide bonds. The van der Waals surface area contributed by atoms with E-state index in [1.54, 1.807) is 30.3 Å². The van der Waals surface area contributed by atoms with Crippen LogP contribution in [0.15, 0.2) is 48.7 Å². The molecule has 1 aromatic heterocycles. The van der Waals surface area contributed by atoms with Crippen molar-refractivity contribution in [3.63, 3.8) is 0 Å². The Morgan fingerprint density at radius 3 is 2.64 bits per heavy atom. The fraction of sp³-hybridized carbons (Fsp3) is 0.350. The number of likely N-dealkylation sites (N-methyl/N-ethyl adjacent to an activating group) is 1. The smallest absolute Gasteiger partial charge is 0.253 e. The van der Waals surface area contributed by atoms with Crippen molar-refractivity contribution in [3.05, 3.63) is 59.9 Å². The van der Waals surface area contributed by atoms with E-state index in [9.17, 15) is 9.59 Å². The summed E-state index contributed by atoms with van der Waals surface area (Å²) in [7, 11) is 1.80. The van der Waals surface area contributed by atoms with Gasteiger partial charge in [-0.05, 0) is 49.2 Å². The minimum absolute atomic E-state index is 0.0209. The predicted molar refractivity (Wildman–Crippen MR) is 97.5 cm³/mol. The summed E-state index contributed by atoms with van der Waals surface area (Å²) in [4.78, 5) is 32.3. The van der Waals surface area contributed by atoms with Gasteiger partial charge in [0.25, 0.3) is 5.91 Å². The fourth-order valence-electron chi connectivity index (χ4n) is 3.01. The standard InChI is InChI=1S/C20H23N3O2/c1-22(15-12-17-6-2-4-13-21-17)20(25)16-8-10-18(11-9-16)23-14-5-3-7-19(23)24/h2,4,6,8-11,13H,3,5,7,12,14-15H2,1H3. The van der Waals surface area contributed by atoms with Crippen LogP contribution in [-0.2, 0) is 11.2 Å². The van der Waals surface area contributed by atoms with Gasteiger partial charge < -0.3 is 9.80 Å². The maximum Gasteiger partial charge on any atom is 0.253 e. The number of pyridine rings is 1. The fourth-order valence-corrected chi connectivity index (χ4v) is 3.01. The van der Waals surface area contributed by atoms with Gasteiger partial charge in [0.05, 0.1) is 0 Å². The van der Waals surface area contributed by atoms with Crippen LogP contribution in [0.25, 0.3) is 0 Å². The second-order valence-electron chi connectivity index (χ2n) is 6.35. The van der Waals surface area contributed by atoms with Gasteiger partial charge in [0, 0.05) is 56.1 Å². The van der Waals surface area contributed by atoms with Crippen molar-refractivity contribution in [2.24, 2.45) is 0 Å². The van der Waals surface area contributed by atoms with Crippen molar-refractivity contribution < 1.29 is 9.59 Å². The number of hydrogen-bond donors (Lipinski definition) is 0. The van der Waals surface area contributed by atoms with E-state index in [0.717, 1.165) is 37.2 Å². The summed E-state index contributed by atoms with van der Waals surface area (Å²) in [6.07, 6.45) is 5.09. The first kappa shape index (κ1) is 17.1. The Bertz CT molecular complexity index is 728. The normalized spacial score (nSPS) is 14.4. The number of anilines is 1. The van der Waals surface area contributed by atoms with Gasteiger partial charge in [-0.2, -0.15) is 0 Å². The summed E-state index contributed by atoms with van der Waals surface area (Å²) < 4.78 is 0. The van der Waals surface area contributed by atoms with Crippen LogP contribution in [0.3, 0.4) is 0 Å². The van der Waals surface area contributed by atoms with Gasteiger partial charge in [0.15, 0.2) is 0 Å². The molecule has 0 bridgehead atoms. The van der Waals surface area contributed by atoms with E-state index in [1.807, 2.05) is 35.2 Å². The number of aromatic nitrogens is 1. The Hall–Kier alpha value is -2.69. The summed E-state index contributed by atoms with van der Waals surface area (Å²) in [6, 6.07) is 13.1. The first-order chi connectivity index (χ1) is 12.1. The topological polar surface area (TPSA) is 53.5 Å². The van der Waals surface area contributed by atoms with Crippen LogP contribution in [0, 0.1) is 0 Å². The molecule has 1 aliphatic rings. The quantitative estimate of drug-likeness (QED) is 0.843. The van der Waals surface area contributed by atoms with Crippen LogP contribution in [0.2, 0.25) is 0 Å². The lowest BCUT2D eigenvalue weighted by Gasteiger charge is -2.27. The maximum atomic E-state index is 12.5. The van der Waals surface area contributed by atoms with Crippen LogP contribution < -0.4 is 4.90 Å². The number of piperidine rings is 1. The lowest BCUT2D eigenvalue weighted by molar-refractivity contribution is -0.119. The molecule has 2 heterocycles. The Labute approximate surface area is 148 Å². The molecule has 1 saturated heterocycles. The van der Waals surface area contributed by atoms with Gasteiger partial charge in [0.1, 0.15) is 0 Å². The zero-order valence-corrected chi connectivity index (χ0v) is 14.5. The van der Waals surface area contributed by atoms with Crippen LogP contribution in [0.5, 0.6) is 0 Å². The lowest BCUT2D eigenvalue weighted by Crippen LogP contribution is -2.35. The molecule has 0 atom stereocenters. The second kappa shape index (κ2) is 7.92. The summed E-state index contributed by atoms with van der Waals surface area (Å²) in [5, 5.41) is 0. The molecule has 1 aliphatic heterocycles. The van der Waals surface area contributed by atoms with Gasteiger partial charge in [0.2, 0.25) is 5.91 Å². The zero-order chi connectivity index (χ0) is 17.6. The Morgan fingerprint density at radius 1 is 1.16 bits per heavy atom. The maximum absolute atomic E-state index is 12.5. The number of benzene rings is 1. The van der Waals surface area contributed by atoms with E-state index < -0.39 is 0 Å². The highest BCUT2D eigenvalue weighted by Gasteiger charge is 2.20. The molecule has 0 aliphatic carbocycles. The average molecular weight is 337 g/mol. The first-order valence-electron chi connectivity index (χ1n) is 8.71. The zero-order valence-electron chi connectivity index (χ0n) is 14.5. The monoisotopic (exact) mass is 337 g/mol. The van der Waals surface area contributed by atoms with Crippen LogP contribution >= 0.6 is 0 Å². The lowest BCUT2D eigenvalue weighted by atomic mass is 10.1. The molecule has 25 heavy (non-hydrogen) atoms. The molecule has 0 N–H and O–H groups in total. The van der Waals surface area contributed by atoms with Gasteiger partial charge in [-0.1, -0.05) is 6.07 Å². The van der Waals surface area contributed by atoms with E-state index in [1.165, 1.54) is 0 Å². The summed E-state index contributed by atoms with van der Waals surface area (Å²) >= 11 is 0. The third kappa shape index (κ3) is 4.24. The van der Waals surface area contributed by atoms with Crippen molar-refractivity contribution in [1.82, 2.24) is 9.88 Å². The highest BCUT2D eigenvalue weighted by molar-refractivity contribution is 5.96. The van der Waals surface area contributed by atoms with Crippen molar-refractivity contribution >= 4 is 17.5 Å². The van der Waals surface area contributed by atoms with Crippen LogP contribution in [0.4, 0.5) is 5.69 Å². The molecule has 2 aromatic rings. The van der Waals surface area contributed by atoms with E-state index in [0.29, 0.717) is 18.5 Å². The summed E-state index contributed by atoms with van der Waals surface area (Å²) in [5.74, 6) is 0.144. The molecule has 5 heteroatoms. The first-order valence-corrected chi connectivity index (χ1v) is 8.71. The Morgan fingerprint density at radius 2 is 1.96 bits per heavy atom. The molecule has 1 aromatic carbocycles. The largest absolute Gasteiger partial charge is 0.341 e. The number of carbonyl (C=O) groups excluding carboxylic acids is 2. The van der Waals surface area contributed by atoms with E-state index >= 15 is 0 Å². The number of nitrogens with zero attached hydrogens (tertiary/aromatic N) is 3. The third-order valence-electron chi connectivity index (χ3n) is 4.53. The Balaban J connectivity index is 1.61. The highest BCUT2D eigenvalue weighted by Crippen LogP contribution is 2.21. The van der Waals surface area contributed by atoms with Crippen molar-refractivity contribution in [1.29, 1.82) is 0 Å². The molecule has 0 unspecified atom stereocenters. The average Bonchev–Trinajstić information content (AvgIpc) is 2.67. The van der Waals surface area contributed by atoms with Gasteiger partial charge in [-0.15, -0.1) is 0 Å². The van der Waals surface area contributed by atoms with Crippen LogP contribution in [-0.4, -0.2) is 41.8 Å². The minimum Gasteiger partial charge on any atom is -0.341 e. The number of amides is 2. The molecule has 1 fully saturated rings. The van der Waals surface area contributed by atoms with Crippen LogP contribution in [0.1, 0.15) is 35.3 Å². The molecule has 130 valence electrons. The number of carbonyl (C=O) groups is 2. The molecule has 5 nitrogen and oxygen atoms in total. The van der Waals surface area contributed by atoms with E-state index in [-0.39, 0.29) is 11.8 Å². The Kier molecular flexibility index (Phi) is 5.43. The number of rotatable bonds is 5. The predicted octanol–water partition coefficient (Wildman–Crippen LogP) is 2.91. The highest BCUT2D eigenvalue weighted by atomic mass is 16.2. The SMILES string of the molecule is CN(CCc1ccccn1)C(=O)c1ccc(N2CCCCC2=O)cc1. The van der Waals surface area contributed by atoms with E-state index in [2.05, 4.69) is 4.98 Å². The van der Waals surface area contributed by atoms with Crippen molar-refractivity contribution in [3.8, 4) is 0 Å². The molecular weight excluding hydrogens is 314 g/mol. The van der Waals surface area contributed by atoms with Gasteiger partial charge in [-0.3, -0.25) is 14.6 Å². The molecule has 0 spiro atoms. The molecule has 3 rings (SSSR count). The van der Waals surface area contributed by atoms with Gasteiger partial charge in [-0.25, -0.2) is 0 Å². The summed E-state index contributed by atoms with van der Waals surface area (Å²) in [6.45, 7) is 1.37. The molecule has 0 radical (unpaired) electrons. The number of hydrogen-bond acceptors (Lipinski definition) is 3. The summed E-state index contributed by atoms with van der Waals surface area (Å²) in [5.41, 5.74) is 2.48. The van der Waals surface area contributed by atoms with Crippen molar-refractivity contribution in [2.75, 3.05) is 25.0 Å². The third-order valence-corrected chi connectivity index (χ3v) is 4.53. The molecule has 0 saturated carbocycles. The second-order valence-corrected chi connectivity index (χ2v) is 6.35. The molecular formula is C20H23N3O2. The van der Waals surface area contributed by atoms with Crippen molar-refractivity contribution in [2.45, 2.75) is 25.7 Å². The van der Waals surface area contributed by atoms with E-state index in [4.69, 9.17) is 0 Å². The van der Waals surface area contributed by atoms with Gasteiger partial charge >= 0.3 is 0 Å².